The van der Waals surface area contributed by atoms with Gasteiger partial charge in [-0.15, -0.1) is 0 Å². The summed E-state index contributed by atoms with van der Waals surface area (Å²) in [5.74, 6) is -0.613. The molecule has 18 heavy (non-hydrogen) atoms. The Morgan fingerprint density at radius 3 is 2.67 bits per heavy atom. The molecule has 3 N–H and O–H groups in total. The Morgan fingerprint density at radius 1 is 1.44 bits per heavy atom. The largest absolute Gasteiger partial charge is 0.396 e. The lowest BCUT2D eigenvalue weighted by Crippen LogP contribution is -2.26. The van der Waals surface area contributed by atoms with E-state index in [9.17, 15) is 9.18 Å². The molecule has 0 unspecified atom stereocenters. The van der Waals surface area contributed by atoms with Crippen molar-refractivity contribution in [2.24, 2.45) is 7.05 Å². The number of nitrogen functional groups attached to an aromatic ring is 1. The average molecular weight is 248 g/mol. The predicted octanol–water partition coefficient (Wildman–Crippen LogP) is 1.07. The van der Waals surface area contributed by atoms with Crippen molar-refractivity contribution < 1.29 is 9.18 Å². The Bertz CT molecular complexity index is 542. The van der Waals surface area contributed by atoms with Crippen LogP contribution in [-0.2, 0) is 13.6 Å². The minimum Gasteiger partial charge on any atom is -0.396 e. The summed E-state index contributed by atoms with van der Waals surface area (Å²) in [4.78, 5) is 11.9. The van der Waals surface area contributed by atoms with Crippen molar-refractivity contribution in [3.63, 3.8) is 0 Å². The molecule has 94 valence electrons. The minimum atomic E-state index is -0.308. The molecular weight excluding hydrogens is 235 g/mol. The number of carbonyl (C=O) groups excluding carboxylic acids is 1. The molecule has 0 saturated carbocycles. The highest BCUT2D eigenvalue weighted by atomic mass is 19.1. The number of nitrogens with two attached hydrogens (primary N) is 1. The number of hydrogen-bond donors (Lipinski definition) is 2. The van der Waals surface area contributed by atoms with E-state index < -0.39 is 0 Å². The van der Waals surface area contributed by atoms with Gasteiger partial charge in [0.1, 0.15) is 11.5 Å². The van der Waals surface area contributed by atoms with Crippen LogP contribution in [0.25, 0.3) is 0 Å². The molecule has 1 heterocycles. The number of aromatic nitrogens is 2. The van der Waals surface area contributed by atoms with Gasteiger partial charge in [-0.05, 0) is 17.7 Å². The number of rotatable bonds is 3. The first kappa shape index (κ1) is 12.1. The average Bonchev–Trinajstić information content (AvgIpc) is 2.68. The molecule has 6 heteroatoms. The van der Waals surface area contributed by atoms with Crippen LogP contribution in [0.5, 0.6) is 0 Å². The second-order valence-electron chi connectivity index (χ2n) is 3.88. The van der Waals surface area contributed by atoms with Gasteiger partial charge in [-0.3, -0.25) is 9.48 Å². The number of halogens is 1. The van der Waals surface area contributed by atoms with Crippen molar-refractivity contribution >= 4 is 11.6 Å². The standard InChI is InChI=1S/C12H13FN4O/c1-17-11(10(14)7-16-17)12(18)15-6-8-2-4-9(13)5-3-8/h2-5,7H,6,14H2,1H3,(H,15,18). The van der Waals surface area contributed by atoms with Crippen molar-refractivity contribution in [3.05, 3.63) is 47.5 Å². The normalized spacial score (nSPS) is 10.3. The summed E-state index contributed by atoms with van der Waals surface area (Å²) in [7, 11) is 1.64. The molecule has 0 radical (unpaired) electrons. The monoisotopic (exact) mass is 248 g/mol. The SMILES string of the molecule is Cn1ncc(N)c1C(=O)NCc1ccc(F)cc1. The van der Waals surface area contributed by atoms with Gasteiger partial charge in [-0.1, -0.05) is 12.1 Å². The van der Waals surface area contributed by atoms with Gasteiger partial charge in [0.25, 0.3) is 5.91 Å². The number of hydrogen-bond acceptors (Lipinski definition) is 3. The Kier molecular flexibility index (Phi) is 3.27. The minimum absolute atomic E-state index is 0.305. The zero-order valence-corrected chi connectivity index (χ0v) is 9.85. The van der Waals surface area contributed by atoms with Crippen LogP contribution in [0.15, 0.2) is 30.5 Å². The van der Waals surface area contributed by atoms with Gasteiger partial charge in [0.15, 0.2) is 0 Å². The second kappa shape index (κ2) is 4.87. The molecule has 1 aromatic carbocycles. The number of nitrogens with one attached hydrogen (secondary N) is 1. The molecule has 2 aromatic rings. The summed E-state index contributed by atoms with van der Waals surface area (Å²) in [5, 5.41) is 6.59. The Hall–Kier alpha value is -2.37. The van der Waals surface area contributed by atoms with Crippen molar-refractivity contribution in [1.82, 2.24) is 15.1 Å². The summed E-state index contributed by atoms with van der Waals surface area (Å²) < 4.78 is 14.1. The van der Waals surface area contributed by atoms with Crippen LogP contribution in [0, 0.1) is 5.82 Å². The summed E-state index contributed by atoms with van der Waals surface area (Å²) in [6, 6.07) is 5.92. The fourth-order valence-electron chi connectivity index (χ4n) is 1.60. The smallest absolute Gasteiger partial charge is 0.271 e. The van der Waals surface area contributed by atoms with Gasteiger partial charge < -0.3 is 11.1 Å². The lowest BCUT2D eigenvalue weighted by Gasteiger charge is -2.06. The molecule has 1 aromatic heterocycles. The molecule has 0 aliphatic heterocycles. The quantitative estimate of drug-likeness (QED) is 0.853. The zero-order chi connectivity index (χ0) is 13.1. The van der Waals surface area contributed by atoms with Crippen molar-refractivity contribution in [2.45, 2.75) is 6.54 Å². The first-order valence-corrected chi connectivity index (χ1v) is 5.38. The molecule has 2 rings (SSSR count). The number of nitrogens with zero attached hydrogens (tertiary/aromatic N) is 2. The van der Waals surface area contributed by atoms with Crippen LogP contribution in [0.1, 0.15) is 16.1 Å². The molecular formula is C12H13FN4O. The van der Waals surface area contributed by atoms with E-state index >= 15 is 0 Å². The first-order valence-electron chi connectivity index (χ1n) is 5.38. The second-order valence-corrected chi connectivity index (χ2v) is 3.88. The van der Waals surface area contributed by atoms with Crippen LogP contribution >= 0.6 is 0 Å². The topological polar surface area (TPSA) is 72.9 Å². The van der Waals surface area contributed by atoms with E-state index in [-0.39, 0.29) is 11.7 Å². The molecule has 0 aliphatic rings. The van der Waals surface area contributed by atoms with Gasteiger partial charge in [0, 0.05) is 13.6 Å². The first-order chi connectivity index (χ1) is 8.58. The maximum atomic E-state index is 12.7. The highest BCUT2D eigenvalue weighted by Gasteiger charge is 2.14. The number of benzene rings is 1. The van der Waals surface area contributed by atoms with E-state index in [1.54, 1.807) is 19.2 Å². The van der Waals surface area contributed by atoms with Gasteiger partial charge >= 0.3 is 0 Å². The molecule has 0 saturated heterocycles. The lowest BCUT2D eigenvalue weighted by atomic mass is 10.2. The van der Waals surface area contributed by atoms with E-state index in [4.69, 9.17) is 5.73 Å². The van der Waals surface area contributed by atoms with E-state index in [1.807, 2.05) is 0 Å². The zero-order valence-electron chi connectivity index (χ0n) is 9.85. The third-order valence-electron chi connectivity index (χ3n) is 2.55. The molecule has 0 fully saturated rings. The fraction of sp³-hybridized carbons (Fsp3) is 0.167. The van der Waals surface area contributed by atoms with Crippen LogP contribution in [0.3, 0.4) is 0 Å². The van der Waals surface area contributed by atoms with Gasteiger partial charge in [0.05, 0.1) is 11.9 Å². The van der Waals surface area contributed by atoms with Crippen LogP contribution in [0.4, 0.5) is 10.1 Å². The third kappa shape index (κ3) is 2.48. The molecule has 5 nitrogen and oxygen atoms in total. The summed E-state index contributed by atoms with van der Waals surface area (Å²) >= 11 is 0. The summed E-state index contributed by atoms with van der Waals surface area (Å²) in [6.07, 6.45) is 1.42. The number of amides is 1. The van der Waals surface area contributed by atoms with Crippen molar-refractivity contribution in [2.75, 3.05) is 5.73 Å². The lowest BCUT2D eigenvalue weighted by molar-refractivity contribution is 0.0942. The van der Waals surface area contributed by atoms with E-state index in [0.29, 0.717) is 17.9 Å². The Morgan fingerprint density at radius 2 is 2.11 bits per heavy atom. The number of carbonyl (C=O) groups is 1. The molecule has 1 amide bonds. The fourth-order valence-corrected chi connectivity index (χ4v) is 1.60. The highest BCUT2D eigenvalue weighted by Crippen LogP contribution is 2.09. The van der Waals surface area contributed by atoms with Gasteiger partial charge in [-0.2, -0.15) is 5.10 Å². The van der Waals surface area contributed by atoms with Gasteiger partial charge in [-0.25, -0.2) is 4.39 Å². The number of anilines is 1. The van der Waals surface area contributed by atoms with E-state index in [2.05, 4.69) is 10.4 Å². The number of aryl methyl sites for hydroxylation is 1. The summed E-state index contributed by atoms with van der Waals surface area (Å²) in [6.45, 7) is 0.309. The highest BCUT2D eigenvalue weighted by molar-refractivity contribution is 5.97. The molecule has 0 aliphatic carbocycles. The van der Waals surface area contributed by atoms with E-state index in [0.717, 1.165) is 5.56 Å². The third-order valence-corrected chi connectivity index (χ3v) is 2.55. The Labute approximate surface area is 103 Å². The molecule has 0 bridgehead atoms. The van der Waals surface area contributed by atoms with Crippen molar-refractivity contribution in [3.8, 4) is 0 Å². The predicted molar refractivity (Wildman–Crippen MR) is 65.2 cm³/mol. The van der Waals surface area contributed by atoms with E-state index in [1.165, 1.54) is 23.0 Å². The van der Waals surface area contributed by atoms with Gasteiger partial charge in [0.2, 0.25) is 0 Å². The molecule has 0 atom stereocenters. The van der Waals surface area contributed by atoms with Crippen molar-refractivity contribution in [1.29, 1.82) is 0 Å². The summed E-state index contributed by atoms with van der Waals surface area (Å²) in [5.41, 5.74) is 7.09. The maximum Gasteiger partial charge on any atom is 0.271 e. The van der Waals surface area contributed by atoms with Crippen LogP contribution in [-0.4, -0.2) is 15.7 Å². The maximum absolute atomic E-state index is 12.7. The Balaban J connectivity index is 2.03. The van der Waals surface area contributed by atoms with Crippen LogP contribution < -0.4 is 11.1 Å². The molecule has 0 spiro atoms. The van der Waals surface area contributed by atoms with Crippen LogP contribution in [0.2, 0.25) is 0 Å².